The molecule has 3 nitrogen and oxygen atoms in total. The number of hydrogen-bond donors (Lipinski definition) is 2. The number of hydrogen-bond acceptors (Lipinski definition) is 3. The van der Waals surface area contributed by atoms with E-state index in [9.17, 15) is 5.11 Å². The summed E-state index contributed by atoms with van der Waals surface area (Å²) in [6, 6.07) is 7.38. The summed E-state index contributed by atoms with van der Waals surface area (Å²) < 4.78 is 5.51. The van der Waals surface area contributed by atoms with E-state index in [0.717, 1.165) is 30.8 Å². The maximum absolute atomic E-state index is 9.62. The molecule has 1 unspecified atom stereocenters. The molecule has 16 heavy (non-hydrogen) atoms. The Balaban J connectivity index is 2.47. The number of benzene rings is 1. The van der Waals surface area contributed by atoms with Gasteiger partial charge in [-0.15, -0.1) is 0 Å². The fraction of sp³-hybridized carbons (Fsp3) is 0.538. The van der Waals surface area contributed by atoms with Crippen molar-refractivity contribution < 1.29 is 14.9 Å². The molecule has 0 aliphatic rings. The molecule has 90 valence electrons. The van der Waals surface area contributed by atoms with Crippen LogP contribution in [-0.4, -0.2) is 23.4 Å². The molecule has 1 aromatic rings. The van der Waals surface area contributed by atoms with Gasteiger partial charge in [-0.25, -0.2) is 0 Å². The van der Waals surface area contributed by atoms with Gasteiger partial charge in [0.05, 0.1) is 12.7 Å². The molecule has 0 bridgehead atoms. The first kappa shape index (κ1) is 13.0. The molecule has 1 atom stereocenters. The van der Waals surface area contributed by atoms with Crippen molar-refractivity contribution in [2.75, 3.05) is 13.2 Å². The summed E-state index contributed by atoms with van der Waals surface area (Å²) >= 11 is 0. The summed E-state index contributed by atoms with van der Waals surface area (Å²) in [5.41, 5.74) is 0.817. The van der Waals surface area contributed by atoms with Gasteiger partial charge in [-0.1, -0.05) is 25.5 Å². The fourth-order valence-corrected chi connectivity index (χ4v) is 1.41. The van der Waals surface area contributed by atoms with E-state index in [2.05, 4.69) is 6.92 Å². The van der Waals surface area contributed by atoms with Crippen LogP contribution < -0.4 is 4.74 Å². The molecule has 1 rings (SSSR count). The molecule has 0 aliphatic heterocycles. The van der Waals surface area contributed by atoms with Gasteiger partial charge in [-0.2, -0.15) is 0 Å². The highest BCUT2D eigenvalue weighted by Crippen LogP contribution is 2.19. The predicted molar refractivity (Wildman–Crippen MR) is 63.5 cm³/mol. The summed E-state index contributed by atoms with van der Waals surface area (Å²) in [5.74, 6) is 0.827. The van der Waals surface area contributed by atoms with Crippen LogP contribution in [-0.2, 0) is 0 Å². The average molecular weight is 224 g/mol. The van der Waals surface area contributed by atoms with Crippen molar-refractivity contribution >= 4 is 0 Å². The molecule has 0 spiro atoms. The quantitative estimate of drug-likeness (QED) is 0.699. The first-order valence-electron chi connectivity index (χ1n) is 5.79. The summed E-state index contributed by atoms with van der Waals surface area (Å²) in [6.45, 7) is 2.85. The lowest BCUT2D eigenvalue weighted by molar-refractivity contribution is 0.134. The second kappa shape index (κ2) is 7.25. The first-order valence-corrected chi connectivity index (χ1v) is 5.79. The standard InChI is InChI=1S/C13H20O3/c1-2-3-10-16-12-6-4-11(5-7-12)13(15)8-9-14/h4-7,13-15H,2-3,8-10H2,1H3. The van der Waals surface area contributed by atoms with Gasteiger partial charge in [0.15, 0.2) is 0 Å². The number of aliphatic hydroxyl groups excluding tert-OH is 2. The summed E-state index contributed by atoms with van der Waals surface area (Å²) in [6.07, 6.45) is 1.95. The van der Waals surface area contributed by atoms with Crippen LogP contribution in [0.2, 0.25) is 0 Å². The van der Waals surface area contributed by atoms with E-state index in [-0.39, 0.29) is 6.61 Å². The molecule has 0 fully saturated rings. The van der Waals surface area contributed by atoms with Gasteiger partial charge in [0.1, 0.15) is 5.75 Å². The van der Waals surface area contributed by atoms with Crippen LogP contribution in [0.15, 0.2) is 24.3 Å². The van der Waals surface area contributed by atoms with Crippen LogP contribution in [0.1, 0.15) is 37.9 Å². The number of aliphatic hydroxyl groups is 2. The second-order valence-corrected chi connectivity index (χ2v) is 3.80. The number of rotatable bonds is 7. The van der Waals surface area contributed by atoms with E-state index in [0.29, 0.717) is 6.42 Å². The highest BCUT2D eigenvalue weighted by atomic mass is 16.5. The molecule has 0 heterocycles. The van der Waals surface area contributed by atoms with Crippen molar-refractivity contribution in [3.05, 3.63) is 29.8 Å². The minimum atomic E-state index is -0.588. The molecular formula is C13H20O3. The van der Waals surface area contributed by atoms with Gasteiger partial charge in [-0.05, 0) is 24.1 Å². The fourth-order valence-electron chi connectivity index (χ4n) is 1.41. The molecule has 0 aliphatic carbocycles. The zero-order valence-corrected chi connectivity index (χ0v) is 9.72. The van der Waals surface area contributed by atoms with Crippen LogP contribution in [0.5, 0.6) is 5.75 Å². The molecule has 0 radical (unpaired) electrons. The minimum Gasteiger partial charge on any atom is -0.494 e. The Labute approximate surface area is 96.7 Å². The van der Waals surface area contributed by atoms with Crippen molar-refractivity contribution in [3.63, 3.8) is 0 Å². The zero-order chi connectivity index (χ0) is 11.8. The summed E-state index contributed by atoms with van der Waals surface area (Å²) in [7, 11) is 0. The molecule has 1 aromatic carbocycles. The Kier molecular flexibility index (Phi) is 5.90. The lowest BCUT2D eigenvalue weighted by Gasteiger charge is -2.10. The van der Waals surface area contributed by atoms with Crippen LogP contribution in [0.25, 0.3) is 0 Å². The predicted octanol–water partition coefficient (Wildman–Crippen LogP) is 2.28. The van der Waals surface area contributed by atoms with Gasteiger partial charge in [-0.3, -0.25) is 0 Å². The van der Waals surface area contributed by atoms with Gasteiger partial charge < -0.3 is 14.9 Å². The number of ether oxygens (including phenoxy) is 1. The normalized spacial score (nSPS) is 12.4. The van der Waals surface area contributed by atoms with Crippen molar-refractivity contribution in [1.29, 1.82) is 0 Å². The lowest BCUT2D eigenvalue weighted by Crippen LogP contribution is -2.01. The first-order chi connectivity index (χ1) is 7.77. The third kappa shape index (κ3) is 4.21. The third-order valence-electron chi connectivity index (χ3n) is 2.43. The van der Waals surface area contributed by atoms with Crippen molar-refractivity contribution in [2.45, 2.75) is 32.3 Å². The monoisotopic (exact) mass is 224 g/mol. The molecule has 0 aromatic heterocycles. The van der Waals surface area contributed by atoms with Crippen LogP contribution in [0.3, 0.4) is 0 Å². The SMILES string of the molecule is CCCCOc1ccc(C(O)CCO)cc1. The van der Waals surface area contributed by atoms with E-state index < -0.39 is 6.10 Å². The van der Waals surface area contributed by atoms with Crippen molar-refractivity contribution in [2.24, 2.45) is 0 Å². The molecule has 3 heteroatoms. The Morgan fingerprint density at radius 1 is 1.25 bits per heavy atom. The van der Waals surface area contributed by atoms with E-state index in [1.54, 1.807) is 0 Å². The highest BCUT2D eigenvalue weighted by molar-refractivity contribution is 5.28. The van der Waals surface area contributed by atoms with E-state index in [1.807, 2.05) is 24.3 Å². The topological polar surface area (TPSA) is 49.7 Å². The van der Waals surface area contributed by atoms with E-state index in [4.69, 9.17) is 9.84 Å². The summed E-state index contributed by atoms with van der Waals surface area (Å²) in [5, 5.41) is 18.3. The maximum Gasteiger partial charge on any atom is 0.119 e. The minimum absolute atomic E-state index is 0.00405. The summed E-state index contributed by atoms with van der Waals surface area (Å²) in [4.78, 5) is 0. The number of unbranched alkanes of at least 4 members (excludes halogenated alkanes) is 1. The Bertz CT molecular complexity index is 282. The smallest absolute Gasteiger partial charge is 0.119 e. The van der Waals surface area contributed by atoms with Gasteiger partial charge in [0.2, 0.25) is 0 Å². The van der Waals surface area contributed by atoms with Crippen LogP contribution in [0.4, 0.5) is 0 Å². The molecular weight excluding hydrogens is 204 g/mol. The van der Waals surface area contributed by atoms with Crippen LogP contribution in [0, 0.1) is 0 Å². The molecule has 0 saturated carbocycles. The molecule has 2 N–H and O–H groups in total. The maximum atomic E-state index is 9.62. The lowest BCUT2D eigenvalue weighted by atomic mass is 10.1. The van der Waals surface area contributed by atoms with Gasteiger partial charge in [0, 0.05) is 13.0 Å². The largest absolute Gasteiger partial charge is 0.494 e. The van der Waals surface area contributed by atoms with Crippen molar-refractivity contribution in [1.82, 2.24) is 0 Å². The van der Waals surface area contributed by atoms with Gasteiger partial charge in [0.25, 0.3) is 0 Å². The van der Waals surface area contributed by atoms with Crippen LogP contribution >= 0.6 is 0 Å². The zero-order valence-electron chi connectivity index (χ0n) is 9.72. The van der Waals surface area contributed by atoms with E-state index in [1.165, 1.54) is 0 Å². The molecule has 0 saturated heterocycles. The van der Waals surface area contributed by atoms with Crippen molar-refractivity contribution in [3.8, 4) is 5.75 Å². The molecule has 0 amide bonds. The average Bonchev–Trinajstić information content (AvgIpc) is 2.30. The van der Waals surface area contributed by atoms with E-state index >= 15 is 0 Å². The van der Waals surface area contributed by atoms with Gasteiger partial charge >= 0.3 is 0 Å². The Hall–Kier alpha value is -1.06. The second-order valence-electron chi connectivity index (χ2n) is 3.80. The Morgan fingerprint density at radius 2 is 1.94 bits per heavy atom. The third-order valence-corrected chi connectivity index (χ3v) is 2.43. The highest BCUT2D eigenvalue weighted by Gasteiger charge is 2.06. The Morgan fingerprint density at radius 3 is 2.50 bits per heavy atom.